The Morgan fingerprint density at radius 1 is 1.17 bits per heavy atom. The van der Waals surface area contributed by atoms with Crippen molar-refractivity contribution in [2.45, 2.75) is 20.0 Å². The van der Waals surface area contributed by atoms with E-state index in [1.54, 1.807) is 0 Å². The third kappa shape index (κ3) is 10.8. The summed E-state index contributed by atoms with van der Waals surface area (Å²) in [5.41, 5.74) is -1.95. The SMILES string of the molecule is CC(C)=O.O=[N+]([O-])c1cccc(F)c1[N+](=O)[O-].OCC(O)CO. The van der Waals surface area contributed by atoms with Crippen LogP contribution in [0.4, 0.5) is 15.8 Å². The molecule has 1 aromatic carbocycles. The number of benzene rings is 1. The minimum absolute atomic E-state index is 0.167. The van der Waals surface area contributed by atoms with E-state index in [1.165, 1.54) is 13.8 Å². The number of carbonyl (C=O) groups is 1. The smallest absolute Gasteiger partial charge is 0.381 e. The van der Waals surface area contributed by atoms with Crippen LogP contribution in [0.5, 0.6) is 0 Å². The van der Waals surface area contributed by atoms with Crippen LogP contribution < -0.4 is 0 Å². The van der Waals surface area contributed by atoms with E-state index >= 15 is 0 Å². The number of hydrogen-bond donors (Lipinski definition) is 3. The van der Waals surface area contributed by atoms with Gasteiger partial charge in [0, 0.05) is 6.07 Å². The summed E-state index contributed by atoms with van der Waals surface area (Å²) in [7, 11) is 0. The van der Waals surface area contributed by atoms with E-state index < -0.39 is 33.1 Å². The Labute approximate surface area is 130 Å². The van der Waals surface area contributed by atoms with Crippen molar-refractivity contribution in [1.29, 1.82) is 0 Å². The van der Waals surface area contributed by atoms with Crippen LogP contribution in [0, 0.1) is 26.0 Å². The first-order valence-corrected chi connectivity index (χ1v) is 6.02. The van der Waals surface area contributed by atoms with Gasteiger partial charge < -0.3 is 20.1 Å². The molecule has 0 fully saturated rings. The lowest BCUT2D eigenvalue weighted by Crippen LogP contribution is -2.15. The van der Waals surface area contributed by atoms with Gasteiger partial charge in [-0.1, -0.05) is 6.07 Å². The largest absolute Gasteiger partial charge is 0.394 e. The van der Waals surface area contributed by atoms with Gasteiger partial charge in [-0.15, -0.1) is 0 Å². The molecule has 0 atom stereocenters. The van der Waals surface area contributed by atoms with Crippen molar-refractivity contribution < 1.29 is 34.4 Å². The fraction of sp³-hybridized carbons (Fsp3) is 0.417. The number of para-hydroxylation sites is 1. The molecule has 1 rings (SSSR count). The Kier molecular flexibility index (Phi) is 12.0. The molecule has 0 aliphatic heterocycles. The van der Waals surface area contributed by atoms with Gasteiger partial charge in [0.2, 0.25) is 5.82 Å². The molecule has 0 aliphatic rings. The first-order chi connectivity index (χ1) is 10.6. The van der Waals surface area contributed by atoms with Gasteiger partial charge >= 0.3 is 11.4 Å². The van der Waals surface area contributed by atoms with Gasteiger partial charge in [0.1, 0.15) is 11.9 Å². The molecule has 0 radical (unpaired) electrons. The number of carbonyl (C=O) groups excluding carboxylic acids is 1. The number of aliphatic hydroxyl groups excluding tert-OH is 3. The second kappa shape index (κ2) is 12.1. The molecular formula is C12H17FN2O8. The van der Waals surface area contributed by atoms with Crippen molar-refractivity contribution in [3.05, 3.63) is 44.2 Å². The summed E-state index contributed by atoms with van der Waals surface area (Å²) in [4.78, 5) is 27.7. The average molecular weight is 336 g/mol. The number of Topliss-reactive ketones (excluding diaryl/α,β-unsaturated/α-hetero) is 1. The van der Waals surface area contributed by atoms with E-state index in [0.29, 0.717) is 0 Å². The minimum atomic E-state index is -1.21. The molecule has 130 valence electrons. The highest BCUT2D eigenvalue weighted by Gasteiger charge is 2.28. The Bertz CT molecular complexity index is 530. The Balaban J connectivity index is 0. The number of aliphatic hydroxyl groups is 3. The van der Waals surface area contributed by atoms with Crippen LogP contribution in [0.15, 0.2) is 18.2 Å². The van der Waals surface area contributed by atoms with Crippen molar-refractivity contribution >= 4 is 17.2 Å². The highest BCUT2D eigenvalue weighted by atomic mass is 19.1. The van der Waals surface area contributed by atoms with E-state index in [4.69, 9.17) is 15.3 Å². The molecule has 3 N–H and O–H groups in total. The fourth-order valence-electron chi connectivity index (χ4n) is 0.890. The molecule has 10 nitrogen and oxygen atoms in total. The normalized spacial score (nSPS) is 9.17. The summed E-state index contributed by atoms with van der Waals surface area (Å²) in [6.45, 7) is 2.33. The van der Waals surface area contributed by atoms with Gasteiger partial charge in [-0.05, 0) is 19.9 Å². The zero-order chi connectivity index (χ0) is 18.6. The second-order valence-corrected chi connectivity index (χ2v) is 4.05. The lowest BCUT2D eigenvalue weighted by Gasteiger charge is -1.96. The molecule has 0 amide bonds. The van der Waals surface area contributed by atoms with E-state index in [0.717, 1.165) is 18.2 Å². The summed E-state index contributed by atoms with van der Waals surface area (Å²) < 4.78 is 12.7. The monoisotopic (exact) mass is 336 g/mol. The van der Waals surface area contributed by atoms with Crippen LogP contribution in [0.1, 0.15) is 13.8 Å². The van der Waals surface area contributed by atoms with Crippen molar-refractivity contribution in [3.63, 3.8) is 0 Å². The molecular weight excluding hydrogens is 319 g/mol. The van der Waals surface area contributed by atoms with Crippen LogP contribution in [0.2, 0.25) is 0 Å². The van der Waals surface area contributed by atoms with Crippen LogP contribution in [0.3, 0.4) is 0 Å². The zero-order valence-electron chi connectivity index (χ0n) is 12.4. The second-order valence-electron chi connectivity index (χ2n) is 4.05. The van der Waals surface area contributed by atoms with Crippen molar-refractivity contribution in [1.82, 2.24) is 0 Å². The highest BCUT2D eigenvalue weighted by Crippen LogP contribution is 2.28. The number of nitrogens with zero attached hydrogens (tertiary/aromatic N) is 2. The zero-order valence-corrected chi connectivity index (χ0v) is 12.4. The number of hydrogen-bond acceptors (Lipinski definition) is 8. The molecule has 1 aromatic rings. The van der Waals surface area contributed by atoms with Crippen molar-refractivity contribution in [3.8, 4) is 0 Å². The number of rotatable bonds is 4. The highest BCUT2D eigenvalue weighted by molar-refractivity contribution is 5.72. The van der Waals surface area contributed by atoms with Crippen LogP contribution in [-0.2, 0) is 4.79 Å². The first-order valence-electron chi connectivity index (χ1n) is 6.02. The first kappa shape index (κ1) is 22.8. The summed E-state index contributed by atoms with van der Waals surface area (Å²) in [5.74, 6) is -1.04. The fourth-order valence-corrected chi connectivity index (χ4v) is 0.890. The Hall–Kier alpha value is -2.50. The lowest BCUT2D eigenvalue weighted by atomic mass is 10.2. The van der Waals surface area contributed by atoms with E-state index in [-0.39, 0.29) is 19.0 Å². The summed E-state index contributed by atoms with van der Waals surface area (Å²) in [5, 5.41) is 44.4. The maximum absolute atomic E-state index is 12.7. The van der Waals surface area contributed by atoms with E-state index in [9.17, 15) is 29.4 Å². The van der Waals surface area contributed by atoms with Crippen molar-refractivity contribution in [2.75, 3.05) is 13.2 Å². The van der Waals surface area contributed by atoms with Gasteiger partial charge in [-0.2, -0.15) is 4.39 Å². The maximum Gasteiger partial charge on any atom is 0.381 e. The van der Waals surface area contributed by atoms with Gasteiger partial charge in [0.25, 0.3) is 0 Å². The summed E-state index contributed by atoms with van der Waals surface area (Å²) >= 11 is 0. The third-order valence-electron chi connectivity index (χ3n) is 1.77. The lowest BCUT2D eigenvalue weighted by molar-refractivity contribution is -0.424. The molecule has 0 saturated heterocycles. The third-order valence-corrected chi connectivity index (χ3v) is 1.77. The molecule has 0 bridgehead atoms. The van der Waals surface area contributed by atoms with Crippen LogP contribution >= 0.6 is 0 Å². The predicted octanol–water partition coefficient (Wildman–Crippen LogP) is 0.569. The molecule has 0 aromatic heterocycles. The van der Waals surface area contributed by atoms with Crippen molar-refractivity contribution in [2.24, 2.45) is 0 Å². The molecule has 0 spiro atoms. The van der Waals surface area contributed by atoms with Gasteiger partial charge in [-0.25, -0.2) is 0 Å². The van der Waals surface area contributed by atoms with E-state index in [2.05, 4.69) is 0 Å². The maximum atomic E-state index is 12.7. The molecule has 11 heteroatoms. The number of nitro groups is 2. The number of ketones is 1. The van der Waals surface area contributed by atoms with Gasteiger partial charge in [0.15, 0.2) is 0 Å². The van der Waals surface area contributed by atoms with Gasteiger partial charge in [-0.3, -0.25) is 20.2 Å². The van der Waals surface area contributed by atoms with Crippen LogP contribution in [0.25, 0.3) is 0 Å². The van der Waals surface area contributed by atoms with Gasteiger partial charge in [0.05, 0.1) is 23.1 Å². The van der Waals surface area contributed by atoms with Crippen LogP contribution in [-0.4, -0.2) is 50.3 Å². The quantitative estimate of drug-likeness (QED) is 0.530. The predicted molar refractivity (Wildman–Crippen MR) is 76.2 cm³/mol. The molecule has 0 unspecified atom stereocenters. The average Bonchev–Trinajstić information content (AvgIpc) is 2.45. The topological polar surface area (TPSA) is 164 Å². The number of halogens is 1. The Morgan fingerprint density at radius 2 is 1.61 bits per heavy atom. The minimum Gasteiger partial charge on any atom is -0.394 e. The number of nitro benzene ring substituents is 2. The molecule has 0 saturated carbocycles. The Morgan fingerprint density at radius 3 is 1.83 bits per heavy atom. The molecule has 0 heterocycles. The van der Waals surface area contributed by atoms with E-state index in [1.807, 2.05) is 0 Å². The summed E-state index contributed by atoms with van der Waals surface area (Å²) in [6.07, 6.45) is -0.954. The standard InChI is InChI=1S/C6H3FN2O4.C3H8O3.C3H6O/c7-4-2-1-3-5(8(10)11)6(4)9(12)13;4-1-3(6)2-5;1-3(2)4/h1-3H;3-6H,1-2H2;1-2H3. The molecule has 23 heavy (non-hydrogen) atoms. The molecule has 0 aliphatic carbocycles. The summed E-state index contributed by atoms with van der Waals surface area (Å²) in [6, 6.07) is 2.72.